The maximum Gasteiger partial charge on any atom is 0.252 e. The van der Waals surface area contributed by atoms with Gasteiger partial charge in [-0.2, -0.15) is 0 Å². The molecule has 1 aromatic carbocycles. The number of amides is 1. The first-order valence-corrected chi connectivity index (χ1v) is 6.77. The minimum atomic E-state index is -0.0872. The van der Waals surface area contributed by atoms with E-state index in [-0.39, 0.29) is 5.91 Å². The Labute approximate surface area is 112 Å². The summed E-state index contributed by atoms with van der Waals surface area (Å²) in [6.45, 7) is 2.43. The van der Waals surface area contributed by atoms with Crippen LogP contribution in [0.4, 0.5) is 0 Å². The monoisotopic (exact) mass is 310 g/mol. The zero-order valence-corrected chi connectivity index (χ0v) is 11.6. The molecule has 88 valence electrons. The third kappa shape index (κ3) is 2.92. The largest absolute Gasteiger partial charge is 0.345 e. The normalized spacial score (nSPS) is 10.2. The van der Waals surface area contributed by atoms with Crippen molar-refractivity contribution in [2.75, 3.05) is 0 Å². The lowest BCUT2D eigenvalue weighted by atomic mass is 10.1. The number of rotatable bonds is 3. The standard InChI is InChI=1S/C12H11BrN2OS/c1-8-3-2-4-9(11(8)13)12(16)15-7-10-14-5-6-17-10/h2-6H,7H2,1H3,(H,15,16). The van der Waals surface area contributed by atoms with Gasteiger partial charge in [0.05, 0.1) is 12.1 Å². The molecule has 0 radical (unpaired) electrons. The van der Waals surface area contributed by atoms with Crippen molar-refractivity contribution >= 4 is 33.2 Å². The van der Waals surface area contributed by atoms with Crippen LogP contribution in [0.5, 0.6) is 0 Å². The zero-order chi connectivity index (χ0) is 12.3. The van der Waals surface area contributed by atoms with E-state index in [9.17, 15) is 4.79 Å². The molecular formula is C12H11BrN2OS. The topological polar surface area (TPSA) is 42.0 Å². The molecule has 0 saturated heterocycles. The maximum absolute atomic E-state index is 11.9. The fourth-order valence-electron chi connectivity index (χ4n) is 1.41. The summed E-state index contributed by atoms with van der Waals surface area (Å²) in [6.07, 6.45) is 1.73. The fraction of sp³-hybridized carbons (Fsp3) is 0.167. The molecule has 0 aliphatic rings. The Morgan fingerprint density at radius 2 is 2.35 bits per heavy atom. The van der Waals surface area contributed by atoms with Gasteiger partial charge in [0.2, 0.25) is 0 Å². The number of thiazole rings is 1. The lowest BCUT2D eigenvalue weighted by molar-refractivity contribution is 0.0950. The molecule has 0 bridgehead atoms. The lowest BCUT2D eigenvalue weighted by Crippen LogP contribution is -2.23. The Balaban J connectivity index is 2.07. The van der Waals surface area contributed by atoms with Crippen LogP contribution in [0.15, 0.2) is 34.2 Å². The number of aryl methyl sites for hydroxylation is 1. The fourth-order valence-corrected chi connectivity index (χ4v) is 2.41. The molecule has 17 heavy (non-hydrogen) atoms. The average Bonchev–Trinajstić information content (AvgIpc) is 2.82. The van der Waals surface area contributed by atoms with Crippen molar-refractivity contribution in [3.8, 4) is 0 Å². The third-order valence-corrected chi connectivity index (χ3v) is 4.15. The van der Waals surface area contributed by atoms with Gasteiger partial charge in [0, 0.05) is 16.0 Å². The molecule has 0 spiro atoms. The average molecular weight is 311 g/mol. The molecule has 0 atom stereocenters. The van der Waals surface area contributed by atoms with Crippen molar-refractivity contribution in [1.29, 1.82) is 0 Å². The first-order valence-electron chi connectivity index (χ1n) is 5.10. The second kappa shape index (κ2) is 5.42. The summed E-state index contributed by atoms with van der Waals surface area (Å²) in [6, 6.07) is 5.63. The van der Waals surface area contributed by atoms with Gasteiger partial charge >= 0.3 is 0 Å². The van der Waals surface area contributed by atoms with Crippen LogP contribution in [0.1, 0.15) is 20.9 Å². The van der Waals surface area contributed by atoms with Gasteiger partial charge in [-0.15, -0.1) is 11.3 Å². The van der Waals surface area contributed by atoms with E-state index in [1.54, 1.807) is 12.3 Å². The molecule has 1 amide bonds. The van der Waals surface area contributed by atoms with Gasteiger partial charge in [0.25, 0.3) is 5.91 Å². The molecule has 0 aliphatic carbocycles. The van der Waals surface area contributed by atoms with Gasteiger partial charge in [-0.3, -0.25) is 4.79 Å². The van der Waals surface area contributed by atoms with Gasteiger partial charge in [-0.1, -0.05) is 12.1 Å². The van der Waals surface area contributed by atoms with Crippen molar-refractivity contribution in [3.63, 3.8) is 0 Å². The molecule has 1 heterocycles. The molecule has 2 aromatic rings. The smallest absolute Gasteiger partial charge is 0.252 e. The van der Waals surface area contributed by atoms with E-state index < -0.39 is 0 Å². The third-order valence-electron chi connectivity index (χ3n) is 2.32. The molecule has 2 rings (SSSR count). The predicted molar refractivity (Wildman–Crippen MR) is 72.2 cm³/mol. The Hall–Kier alpha value is -1.20. The summed E-state index contributed by atoms with van der Waals surface area (Å²) in [7, 11) is 0. The molecule has 1 N–H and O–H groups in total. The number of halogens is 1. The molecule has 0 aliphatic heterocycles. The predicted octanol–water partition coefficient (Wildman–Crippen LogP) is 3.14. The van der Waals surface area contributed by atoms with E-state index in [0.29, 0.717) is 12.1 Å². The first-order chi connectivity index (χ1) is 8.18. The van der Waals surface area contributed by atoms with Gasteiger partial charge in [0.15, 0.2) is 0 Å². The molecule has 0 saturated carbocycles. The van der Waals surface area contributed by atoms with Crippen molar-refractivity contribution in [2.24, 2.45) is 0 Å². The highest BCUT2D eigenvalue weighted by atomic mass is 79.9. The summed E-state index contributed by atoms with van der Waals surface area (Å²) in [5.41, 5.74) is 1.70. The molecule has 5 heteroatoms. The van der Waals surface area contributed by atoms with Gasteiger partial charge in [0.1, 0.15) is 5.01 Å². The van der Waals surface area contributed by atoms with Crippen LogP contribution in [0.2, 0.25) is 0 Å². The zero-order valence-electron chi connectivity index (χ0n) is 9.24. The van der Waals surface area contributed by atoms with E-state index in [0.717, 1.165) is 15.0 Å². The minimum absolute atomic E-state index is 0.0872. The SMILES string of the molecule is Cc1cccc(C(=O)NCc2nccs2)c1Br. The quantitative estimate of drug-likeness (QED) is 0.946. The minimum Gasteiger partial charge on any atom is -0.345 e. The number of hydrogen-bond donors (Lipinski definition) is 1. The van der Waals surface area contributed by atoms with Crippen LogP contribution in [0.25, 0.3) is 0 Å². The number of aromatic nitrogens is 1. The summed E-state index contributed by atoms with van der Waals surface area (Å²) in [4.78, 5) is 16.1. The number of carbonyl (C=O) groups excluding carboxylic acids is 1. The molecule has 3 nitrogen and oxygen atoms in total. The number of nitrogens with one attached hydrogen (secondary N) is 1. The highest BCUT2D eigenvalue weighted by Crippen LogP contribution is 2.20. The first kappa shape index (κ1) is 12.3. The molecule has 1 aromatic heterocycles. The van der Waals surface area contributed by atoms with Crippen LogP contribution < -0.4 is 5.32 Å². The van der Waals surface area contributed by atoms with Gasteiger partial charge < -0.3 is 5.32 Å². The van der Waals surface area contributed by atoms with E-state index in [2.05, 4.69) is 26.2 Å². The Kier molecular flexibility index (Phi) is 3.91. The molecular weight excluding hydrogens is 300 g/mol. The van der Waals surface area contributed by atoms with E-state index in [1.807, 2.05) is 24.4 Å². The van der Waals surface area contributed by atoms with Gasteiger partial charge in [-0.05, 0) is 34.5 Å². The summed E-state index contributed by atoms with van der Waals surface area (Å²) < 4.78 is 0.844. The Morgan fingerprint density at radius 1 is 1.53 bits per heavy atom. The Bertz CT molecular complexity index is 525. The van der Waals surface area contributed by atoms with Crippen LogP contribution in [-0.2, 0) is 6.54 Å². The van der Waals surface area contributed by atoms with Crippen LogP contribution in [0.3, 0.4) is 0 Å². The lowest BCUT2D eigenvalue weighted by Gasteiger charge is -2.07. The second-order valence-corrected chi connectivity index (χ2v) is 5.32. The summed E-state index contributed by atoms with van der Waals surface area (Å²) in [5.74, 6) is -0.0872. The van der Waals surface area contributed by atoms with Crippen molar-refractivity contribution in [2.45, 2.75) is 13.5 Å². The number of hydrogen-bond acceptors (Lipinski definition) is 3. The highest BCUT2D eigenvalue weighted by molar-refractivity contribution is 9.10. The number of benzene rings is 1. The van der Waals surface area contributed by atoms with Gasteiger partial charge in [-0.25, -0.2) is 4.98 Å². The van der Waals surface area contributed by atoms with Crippen molar-refractivity contribution < 1.29 is 4.79 Å². The highest BCUT2D eigenvalue weighted by Gasteiger charge is 2.11. The van der Waals surface area contributed by atoms with Crippen LogP contribution in [-0.4, -0.2) is 10.9 Å². The van der Waals surface area contributed by atoms with Crippen LogP contribution >= 0.6 is 27.3 Å². The van der Waals surface area contributed by atoms with Crippen LogP contribution in [0, 0.1) is 6.92 Å². The summed E-state index contributed by atoms with van der Waals surface area (Å²) in [5, 5.41) is 5.65. The van der Waals surface area contributed by atoms with Crippen molar-refractivity contribution in [3.05, 3.63) is 50.4 Å². The number of nitrogens with zero attached hydrogens (tertiary/aromatic N) is 1. The van der Waals surface area contributed by atoms with Crippen molar-refractivity contribution in [1.82, 2.24) is 10.3 Å². The number of carbonyl (C=O) groups is 1. The maximum atomic E-state index is 11.9. The Morgan fingerprint density at radius 3 is 3.06 bits per heavy atom. The van der Waals surface area contributed by atoms with E-state index in [4.69, 9.17) is 0 Å². The molecule has 0 unspecified atom stereocenters. The summed E-state index contributed by atoms with van der Waals surface area (Å²) >= 11 is 4.96. The van der Waals surface area contributed by atoms with E-state index in [1.165, 1.54) is 11.3 Å². The molecule has 0 fully saturated rings. The van der Waals surface area contributed by atoms with E-state index >= 15 is 0 Å². The second-order valence-electron chi connectivity index (χ2n) is 3.54.